The Balaban J connectivity index is 1.80. The van der Waals surface area contributed by atoms with Crippen molar-refractivity contribution in [3.8, 4) is 0 Å². The molecular formula is C18H14F2N2. The number of H-pyrrole nitrogens is 1. The third-order valence-corrected chi connectivity index (χ3v) is 4.03. The fourth-order valence-electron chi connectivity index (χ4n) is 3.07. The lowest BCUT2D eigenvalue weighted by atomic mass is 10.2. The van der Waals surface area contributed by atoms with E-state index in [9.17, 15) is 8.78 Å². The van der Waals surface area contributed by atoms with Crippen LogP contribution in [0.25, 0.3) is 21.8 Å². The van der Waals surface area contributed by atoms with Crippen LogP contribution in [0.1, 0.15) is 11.3 Å². The van der Waals surface area contributed by atoms with Crippen LogP contribution in [-0.2, 0) is 6.54 Å². The van der Waals surface area contributed by atoms with E-state index in [1.165, 1.54) is 18.2 Å². The van der Waals surface area contributed by atoms with E-state index in [0.717, 1.165) is 27.7 Å². The monoisotopic (exact) mass is 296 g/mol. The van der Waals surface area contributed by atoms with E-state index in [2.05, 4.69) is 4.98 Å². The molecule has 0 saturated carbocycles. The number of aromatic amines is 1. The van der Waals surface area contributed by atoms with Crippen LogP contribution >= 0.6 is 0 Å². The van der Waals surface area contributed by atoms with Crippen molar-refractivity contribution in [2.45, 2.75) is 13.5 Å². The van der Waals surface area contributed by atoms with Crippen molar-refractivity contribution in [1.29, 1.82) is 0 Å². The summed E-state index contributed by atoms with van der Waals surface area (Å²) in [5, 5.41) is 1.63. The maximum Gasteiger partial charge on any atom is 0.132 e. The van der Waals surface area contributed by atoms with Crippen LogP contribution in [0.5, 0.6) is 0 Å². The minimum absolute atomic E-state index is 0.201. The molecule has 110 valence electrons. The number of rotatable bonds is 2. The molecule has 2 aromatic heterocycles. The summed E-state index contributed by atoms with van der Waals surface area (Å²) in [5.41, 5.74) is 3.51. The average molecular weight is 296 g/mol. The third kappa shape index (κ3) is 1.99. The number of hydrogen-bond donors (Lipinski definition) is 1. The van der Waals surface area contributed by atoms with Gasteiger partial charge in [-0.3, -0.25) is 0 Å². The fourth-order valence-corrected chi connectivity index (χ4v) is 3.07. The maximum absolute atomic E-state index is 13.9. The summed E-state index contributed by atoms with van der Waals surface area (Å²) in [4.78, 5) is 3.22. The summed E-state index contributed by atoms with van der Waals surface area (Å²) in [6.45, 7) is 2.49. The largest absolute Gasteiger partial charge is 0.357 e. The molecule has 4 heteroatoms. The first-order valence-corrected chi connectivity index (χ1v) is 7.13. The highest BCUT2D eigenvalue weighted by atomic mass is 19.1. The predicted octanol–water partition coefficient (Wildman–Crippen LogP) is 4.76. The highest BCUT2D eigenvalue weighted by Gasteiger charge is 2.10. The van der Waals surface area contributed by atoms with Crippen molar-refractivity contribution in [3.63, 3.8) is 0 Å². The summed E-state index contributed by atoms with van der Waals surface area (Å²) in [6, 6.07) is 11.8. The molecule has 0 radical (unpaired) electrons. The molecule has 0 unspecified atom stereocenters. The quantitative estimate of drug-likeness (QED) is 0.550. The van der Waals surface area contributed by atoms with Gasteiger partial charge in [-0.25, -0.2) is 8.78 Å². The van der Waals surface area contributed by atoms with E-state index in [4.69, 9.17) is 0 Å². The topological polar surface area (TPSA) is 20.7 Å². The van der Waals surface area contributed by atoms with Gasteiger partial charge in [0.05, 0.1) is 12.1 Å². The molecule has 0 saturated heterocycles. The molecule has 4 rings (SSSR count). The molecule has 2 nitrogen and oxygen atoms in total. The molecule has 0 aliphatic rings. The number of aromatic nitrogens is 2. The summed E-state index contributed by atoms with van der Waals surface area (Å²) in [6.07, 6.45) is 1.94. The van der Waals surface area contributed by atoms with Crippen molar-refractivity contribution >= 4 is 21.8 Å². The van der Waals surface area contributed by atoms with Crippen LogP contribution in [0.3, 0.4) is 0 Å². The summed E-state index contributed by atoms with van der Waals surface area (Å²) < 4.78 is 29.2. The van der Waals surface area contributed by atoms with Crippen LogP contribution in [0.2, 0.25) is 0 Å². The van der Waals surface area contributed by atoms with Gasteiger partial charge in [-0.1, -0.05) is 6.07 Å². The molecule has 0 bridgehead atoms. The summed E-state index contributed by atoms with van der Waals surface area (Å²) in [7, 11) is 0. The van der Waals surface area contributed by atoms with Crippen LogP contribution in [0.15, 0.2) is 48.7 Å². The Morgan fingerprint density at radius 1 is 1.09 bits per heavy atom. The van der Waals surface area contributed by atoms with Gasteiger partial charge in [0.25, 0.3) is 0 Å². The van der Waals surface area contributed by atoms with Crippen molar-refractivity contribution in [2.75, 3.05) is 0 Å². The van der Waals surface area contributed by atoms with Crippen LogP contribution in [0.4, 0.5) is 8.78 Å². The Morgan fingerprint density at radius 2 is 1.95 bits per heavy atom. The first-order valence-electron chi connectivity index (χ1n) is 7.13. The van der Waals surface area contributed by atoms with Gasteiger partial charge < -0.3 is 9.55 Å². The van der Waals surface area contributed by atoms with E-state index in [1.807, 2.05) is 29.8 Å². The number of nitrogens with one attached hydrogen (secondary N) is 1. The van der Waals surface area contributed by atoms with Gasteiger partial charge in [-0.15, -0.1) is 0 Å². The number of hydrogen-bond acceptors (Lipinski definition) is 0. The molecule has 1 N–H and O–H groups in total. The first kappa shape index (κ1) is 13.1. The smallest absolute Gasteiger partial charge is 0.132 e. The van der Waals surface area contributed by atoms with E-state index in [-0.39, 0.29) is 11.6 Å². The average Bonchev–Trinajstić information content (AvgIpc) is 3.01. The number of nitrogens with zero attached hydrogens (tertiary/aromatic N) is 1. The molecule has 0 spiro atoms. The molecular weight excluding hydrogens is 282 g/mol. The molecule has 2 aromatic carbocycles. The minimum atomic E-state index is -0.259. The normalized spacial score (nSPS) is 11.6. The number of halogens is 2. The standard InChI is InChI=1S/C18H14F2N2/c1-11-9-22(17-4-2-3-15(20)18(11)17)10-14-7-12-5-6-13(19)8-16(12)21-14/h2-9,21H,10H2,1H3. The zero-order valence-corrected chi connectivity index (χ0v) is 12.0. The highest BCUT2D eigenvalue weighted by Crippen LogP contribution is 2.25. The summed E-state index contributed by atoms with van der Waals surface area (Å²) >= 11 is 0. The van der Waals surface area contributed by atoms with Crippen molar-refractivity contribution in [2.24, 2.45) is 0 Å². The van der Waals surface area contributed by atoms with Crippen molar-refractivity contribution in [3.05, 3.63) is 71.6 Å². The Kier molecular flexibility index (Phi) is 2.79. The number of fused-ring (bicyclic) bond motifs is 2. The fraction of sp³-hybridized carbons (Fsp3) is 0.111. The van der Waals surface area contributed by atoms with E-state index >= 15 is 0 Å². The molecule has 0 atom stereocenters. The van der Waals surface area contributed by atoms with Crippen LogP contribution < -0.4 is 0 Å². The van der Waals surface area contributed by atoms with Crippen molar-refractivity contribution in [1.82, 2.24) is 9.55 Å². The lowest BCUT2D eigenvalue weighted by Gasteiger charge is -2.03. The van der Waals surface area contributed by atoms with Crippen LogP contribution in [-0.4, -0.2) is 9.55 Å². The lowest BCUT2D eigenvalue weighted by molar-refractivity contribution is 0.629. The zero-order chi connectivity index (χ0) is 15.3. The lowest BCUT2D eigenvalue weighted by Crippen LogP contribution is -1.98. The van der Waals surface area contributed by atoms with Crippen molar-refractivity contribution < 1.29 is 8.78 Å². The van der Waals surface area contributed by atoms with Gasteiger partial charge in [0.2, 0.25) is 0 Å². The van der Waals surface area contributed by atoms with Gasteiger partial charge in [-0.2, -0.15) is 0 Å². The second kappa shape index (κ2) is 4.70. The molecule has 4 aromatic rings. The minimum Gasteiger partial charge on any atom is -0.357 e. The van der Waals surface area contributed by atoms with Gasteiger partial charge in [0.1, 0.15) is 11.6 Å². The summed E-state index contributed by atoms with van der Waals surface area (Å²) in [5.74, 6) is -0.460. The van der Waals surface area contributed by atoms with E-state index in [1.54, 1.807) is 12.1 Å². The number of benzene rings is 2. The van der Waals surface area contributed by atoms with Gasteiger partial charge in [0, 0.05) is 22.8 Å². The van der Waals surface area contributed by atoms with E-state index in [0.29, 0.717) is 11.9 Å². The van der Waals surface area contributed by atoms with E-state index < -0.39 is 0 Å². The number of aryl methyl sites for hydroxylation is 1. The molecule has 0 fully saturated rings. The van der Waals surface area contributed by atoms with Crippen LogP contribution in [0, 0.1) is 18.6 Å². The Labute approximate surface area is 126 Å². The second-order valence-corrected chi connectivity index (χ2v) is 5.60. The third-order valence-electron chi connectivity index (χ3n) is 4.03. The maximum atomic E-state index is 13.9. The van der Waals surface area contributed by atoms with Gasteiger partial charge in [0.15, 0.2) is 0 Å². The Hall–Kier alpha value is -2.62. The Bertz CT molecular complexity index is 995. The Morgan fingerprint density at radius 3 is 2.82 bits per heavy atom. The van der Waals surface area contributed by atoms with Gasteiger partial charge >= 0.3 is 0 Å². The molecule has 22 heavy (non-hydrogen) atoms. The molecule has 0 amide bonds. The highest BCUT2D eigenvalue weighted by molar-refractivity contribution is 5.85. The first-order chi connectivity index (χ1) is 10.6. The second-order valence-electron chi connectivity index (χ2n) is 5.60. The predicted molar refractivity (Wildman–Crippen MR) is 84.0 cm³/mol. The molecule has 2 heterocycles. The zero-order valence-electron chi connectivity index (χ0n) is 12.0. The SMILES string of the molecule is Cc1cn(Cc2cc3ccc(F)cc3[nH]2)c2cccc(F)c12. The molecule has 0 aliphatic heterocycles. The molecule has 0 aliphatic carbocycles. The van der Waals surface area contributed by atoms with Gasteiger partial charge in [-0.05, 0) is 54.3 Å².